The number of hydrogen-bond acceptors (Lipinski definition) is 20. The lowest BCUT2D eigenvalue weighted by Gasteiger charge is -2.37. The molecule has 0 saturated carbocycles. The molecular weight excluding hydrogens is 1670 g/mol. The van der Waals surface area contributed by atoms with Gasteiger partial charge in [0.05, 0.1) is 44.2 Å². The molecule has 38 nitrogen and oxygen atoms in total. The van der Waals surface area contributed by atoms with Crippen LogP contribution in [0.5, 0.6) is 0 Å². The minimum atomic E-state index is -1.76. The van der Waals surface area contributed by atoms with E-state index in [2.05, 4.69) is 73.1 Å². The quantitative estimate of drug-likeness (QED) is 0.0383. The molecule has 6 aromatic rings. The largest absolute Gasteiger partial charge is 0.394 e. The number of unbranched alkanes of at least 4 members (excludes halogenated alkanes) is 2. The number of nitrogens with two attached hydrogens (primary N) is 2. The summed E-state index contributed by atoms with van der Waals surface area (Å²) in [7, 11) is 5.90. The first-order valence-corrected chi connectivity index (χ1v) is 44.8. The van der Waals surface area contributed by atoms with Crippen molar-refractivity contribution in [3.8, 4) is 0 Å². The predicted octanol–water partition coefficient (Wildman–Crippen LogP) is 0.118. The minimum Gasteiger partial charge on any atom is -0.394 e. The topological polar surface area (TPSA) is 542 Å². The van der Waals surface area contributed by atoms with Gasteiger partial charge in [-0.15, -0.1) is 11.8 Å². The van der Waals surface area contributed by atoms with Crippen LogP contribution in [-0.2, 0) is 102 Å². The SMILES string of the molecule is CCCC[C@H]1CN(C)[C@@H](CCCC)C(=O)N[C@@H](CC(C)C)C(=O)N[C@H](C(=O)NCC(N)=O)CSCC(=O)N[C@@H](Cc2ccccc2)C(=O)N(C)[C@@H](C)C(=O)N[C@@H](CC(N)=O)C(=O)N2CCC[C@H]2C(=O)N[C@@H](Cc2cnc[nH]2)C(=O)N[C@@H](CC(C)C)C(=O)N(C)CC(=O)N[C@@H](Cc2c[nH]c3ccccc23)C(=O)N[C@@H](CO)C(=O)N[C@@H](Cc2c[nH]c3ccccc23)C(=O)N1C. The zero-order valence-electron chi connectivity index (χ0n) is 74.8. The molecule has 0 radical (unpaired) electrons. The molecule has 0 spiro atoms. The normalized spacial score (nSPS) is 24.1. The molecule has 3 aromatic carbocycles. The maximum absolute atomic E-state index is 15.7. The summed E-state index contributed by atoms with van der Waals surface area (Å²) in [5.41, 5.74) is 14.7. The van der Waals surface area contributed by atoms with Crippen LogP contribution < -0.4 is 64.6 Å². The van der Waals surface area contributed by atoms with Gasteiger partial charge in [0.1, 0.15) is 66.5 Å². The summed E-state index contributed by atoms with van der Waals surface area (Å²) < 4.78 is 0. The number of aliphatic hydroxyl groups excluding tert-OH is 1. The molecule has 2 aliphatic rings. The smallest absolute Gasteiger partial charge is 0.246 e. The van der Waals surface area contributed by atoms with Crippen molar-refractivity contribution in [1.29, 1.82) is 0 Å². The summed E-state index contributed by atoms with van der Waals surface area (Å²) in [6.45, 7) is 10.1. The van der Waals surface area contributed by atoms with Crippen LogP contribution in [0.25, 0.3) is 21.8 Å². The highest BCUT2D eigenvalue weighted by molar-refractivity contribution is 8.00. The lowest BCUT2D eigenvalue weighted by Crippen LogP contribution is -2.60. The van der Waals surface area contributed by atoms with Gasteiger partial charge in [-0.1, -0.05) is 134 Å². The van der Waals surface area contributed by atoms with E-state index >= 15 is 19.2 Å². The highest BCUT2D eigenvalue weighted by atomic mass is 32.2. The highest BCUT2D eigenvalue weighted by Crippen LogP contribution is 2.26. The Morgan fingerprint density at radius 1 is 0.547 bits per heavy atom. The summed E-state index contributed by atoms with van der Waals surface area (Å²) in [5.74, 6) is -14.7. The number of hydrogen-bond donors (Lipinski definition) is 16. The first-order valence-electron chi connectivity index (χ1n) is 43.6. The number of nitrogens with zero attached hydrogens (tertiary/aromatic N) is 6. The second-order valence-electron chi connectivity index (χ2n) is 33.9. The number of aromatic amines is 3. The summed E-state index contributed by atoms with van der Waals surface area (Å²) in [4.78, 5) is 252. The Morgan fingerprint density at radius 2 is 1.08 bits per heavy atom. The Bertz CT molecular complexity index is 4830. The summed E-state index contributed by atoms with van der Waals surface area (Å²) in [5, 5.41) is 39.7. The Hall–Kier alpha value is -12.3. The van der Waals surface area contributed by atoms with Gasteiger partial charge in [-0.2, -0.15) is 0 Å². The maximum Gasteiger partial charge on any atom is 0.246 e. The monoisotopic (exact) mass is 1790 g/mol. The average Bonchev–Trinajstić information content (AvgIpc) is 1.53. The molecular formula is C89H127N21O17S. The number of para-hydroxylation sites is 2. The number of aliphatic hydroxyl groups is 1. The van der Waals surface area contributed by atoms with E-state index in [1.54, 1.807) is 99.8 Å². The highest BCUT2D eigenvalue weighted by Gasteiger charge is 2.43. The molecule has 3 aromatic heterocycles. The molecule has 18 N–H and O–H groups in total. The van der Waals surface area contributed by atoms with E-state index in [1.807, 2.05) is 52.0 Å². The van der Waals surface area contributed by atoms with Gasteiger partial charge < -0.3 is 104 Å². The fourth-order valence-corrected chi connectivity index (χ4v) is 16.7. The van der Waals surface area contributed by atoms with Crippen LogP contribution in [0.1, 0.15) is 141 Å². The first kappa shape index (κ1) is 101. The lowest BCUT2D eigenvalue weighted by molar-refractivity contribution is -0.145. The van der Waals surface area contributed by atoms with Gasteiger partial charge in [-0.3, -0.25) is 81.6 Å². The third kappa shape index (κ3) is 29.4. The molecule has 2 fully saturated rings. The molecule has 16 amide bonds. The Balaban J connectivity index is 1.16. The minimum absolute atomic E-state index is 0.00186. The van der Waals surface area contributed by atoms with Gasteiger partial charge in [0.2, 0.25) is 94.5 Å². The molecule has 128 heavy (non-hydrogen) atoms. The Labute approximate surface area is 749 Å². The van der Waals surface area contributed by atoms with Crippen LogP contribution in [-0.4, -0.2) is 295 Å². The van der Waals surface area contributed by atoms with Gasteiger partial charge in [0.25, 0.3) is 0 Å². The number of H-pyrrole nitrogens is 3. The van der Waals surface area contributed by atoms with Crippen LogP contribution in [0, 0.1) is 11.8 Å². The Morgan fingerprint density at radius 3 is 1.68 bits per heavy atom. The average molecular weight is 1800 g/mol. The number of thioether (sulfide) groups is 1. The molecule has 2 saturated heterocycles. The summed E-state index contributed by atoms with van der Waals surface area (Å²) in [6, 6.07) is 5.39. The van der Waals surface area contributed by atoms with Gasteiger partial charge in [0.15, 0.2) is 0 Å². The number of carbonyl (C=O) groups is 16. The second-order valence-corrected chi connectivity index (χ2v) is 35.0. The number of nitrogens with one attached hydrogen (secondary N) is 13. The van der Waals surface area contributed by atoms with E-state index in [0.29, 0.717) is 65.4 Å². The number of rotatable bonds is 24. The van der Waals surface area contributed by atoms with E-state index in [1.165, 1.54) is 38.4 Å². The number of primary amides is 2. The predicted molar refractivity (Wildman–Crippen MR) is 480 cm³/mol. The van der Waals surface area contributed by atoms with Crippen LogP contribution >= 0.6 is 11.8 Å². The number of amides is 16. The van der Waals surface area contributed by atoms with E-state index in [-0.39, 0.29) is 88.5 Å². The van der Waals surface area contributed by atoms with E-state index in [0.717, 1.165) is 37.4 Å². The first-order chi connectivity index (χ1) is 61.0. The summed E-state index contributed by atoms with van der Waals surface area (Å²) in [6.07, 6.45) is 8.15. The molecule has 39 heteroatoms. The lowest BCUT2D eigenvalue weighted by atomic mass is 9.99. The zero-order valence-corrected chi connectivity index (χ0v) is 75.6. The van der Waals surface area contributed by atoms with Crippen LogP contribution in [0.3, 0.4) is 0 Å². The number of aromatic nitrogens is 4. The van der Waals surface area contributed by atoms with Crippen molar-refractivity contribution in [1.82, 2.24) is 97.6 Å². The Kier molecular flexibility index (Phi) is 38.9. The zero-order chi connectivity index (χ0) is 93.6. The van der Waals surface area contributed by atoms with Crippen LogP contribution in [0.4, 0.5) is 0 Å². The van der Waals surface area contributed by atoms with Gasteiger partial charge in [-0.05, 0) is 93.2 Å². The maximum atomic E-state index is 15.7. The number of carbonyl (C=O) groups excluding carboxylic acids is 16. The van der Waals surface area contributed by atoms with Crippen molar-refractivity contribution in [2.24, 2.45) is 23.3 Å². The molecule has 696 valence electrons. The standard InChI is InChI=1S/C89H127N21O17S/c1-12-14-26-58-45-106(8)72(31-15-13-2)84(122)99-63(34-51(3)4)80(118)105-71(79(117)95-44-75(91)113)48-128-49-77(115)98-67(36-54-24-17-16-18-25-54)87(125)108(10)53(7)78(116)101-69(40-74(90)112)89(127)110-33-23-32-73(110)85(123)100-65(39-57-43-92-50-96-57)82(120)102-66(35-52(5)6)86(124)107(9)46-76(114)97-64(37-55-41-93-61-29-21-19-27-59(55)61)81(119)104-70(47-111)83(121)103-68(88(126)109(58)11)38-56-42-94-62-30-22-20-28-60(56)62/h16-22,24-25,27-30,41-43,50-53,58,63-73,93-94,111H,12-15,23,26,31-40,44-49H2,1-11H3,(H2,90,112)(H2,91,113)(H,92,96)(H,95,117)(H,97,114)(H,98,115)(H,99,122)(H,100,123)(H,101,116)(H,102,120)(H,103,121)(H,104,119)(H,105,118)/t53-,58-,63-,64-,65-,66-,67-,68-,69-,70-,71-,72-,73-/m0/s1. The number of benzene rings is 3. The summed E-state index contributed by atoms with van der Waals surface area (Å²) >= 11 is 0.869. The number of likely N-dealkylation sites (N-methyl/N-ethyl adjacent to an activating group) is 4. The molecule has 5 heterocycles. The van der Waals surface area contributed by atoms with E-state index in [9.17, 15) is 62.6 Å². The van der Waals surface area contributed by atoms with Crippen molar-refractivity contribution in [3.63, 3.8) is 0 Å². The van der Waals surface area contributed by atoms with Crippen molar-refractivity contribution in [2.45, 2.75) is 223 Å². The van der Waals surface area contributed by atoms with Crippen LogP contribution in [0.2, 0.25) is 0 Å². The molecule has 0 bridgehead atoms. The molecule has 2 aliphatic heterocycles. The fourth-order valence-electron chi connectivity index (χ4n) is 15.8. The third-order valence-corrected chi connectivity index (χ3v) is 24.0. The van der Waals surface area contributed by atoms with Crippen molar-refractivity contribution < 1.29 is 81.8 Å². The molecule has 13 atom stereocenters. The third-order valence-electron chi connectivity index (χ3n) is 22.9. The fraction of sp³-hybridized carbons (Fsp3) is 0.539. The second kappa shape index (κ2) is 49.2. The van der Waals surface area contributed by atoms with Gasteiger partial charge >= 0.3 is 0 Å². The molecule has 0 aliphatic carbocycles. The van der Waals surface area contributed by atoms with Crippen molar-refractivity contribution in [2.75, 3.05) is 72.5 Å². The van der Waals surface area contributed by atoms with Gasteiger partial charge in [0, 0.05) is 118 Å². The molecule has 8 rings (SSSR count). The number of fused-ring (bicyclic) bond motifs is 3. The molecule has 0 unspecified atom stereocenters. The van der Waals surface area contributed by atoms with Gasteiger partial charge in [-0.25, -0.2) is 4.98 Å². The van der Waals surface area contributed by atoms with Crippen molar-refractivity contribution >= 4 is 128 Å². The van der Waals surface area contributed by atoms with E-state index < -0.39 is 205 Å². The van der Waals surface area contributed by atoms with Crippen LogP contribution in [0.15, 0.2) is 104 Å². The van der Waals surface area contributed by atoms with E-state index in [4.69, 9.17) is 11.5 Å². The number of imidazole rings is 1. The van der Waals surface area contributed by atoms with Crippen molar-refractivity contribution in [3.05, 3.63) is 126 Å².